The minimum Gasteiger partial charge on any atom is -0.438 e. The molecule has 2 aromatic rings. The molecule has 1 aromatic heterocycles. The van der Waals surface area contributed by atoms with Crippen LogP contribution in [0.1, 0.15) is 48.8 Å². The van der Waals surface area contributed by atoms with Gasteiger partial charge in [0.15, 0.2) is 0 Å². The van der Waals surface area contributed by atoms with Gasteiger partial charge in [-0.3, -0.25) is 4.79 Å². The third-order valence-corrected chi connectivity index (χ3v) is 6.02. The number of amides is 1. The zero-order valence-electron chi connectivity index (χ0n) is 15.5. The molecule has 2 aliphatic rings. The highest BCUT2D eigenvalue weighted by molar-refractivity contribution is 5.82. The second-order valence-corrected chi connectivity index (χ2v) is 7.83. The summed E-state index contributed by atoms with van der Waals surface area (Å²) >= 11 is 0. The van der Waals surface area contributed by atoms with Gasteiger partial charge in [-0.25, -0.2) is 4.98 Å². The van der Waals surface area contributed by atoms with E-state index in [1.54, 1.807) is 6.20 Å². The lowest BCUT2D eigenvalue weighted by atomic mass is 10.0. The Kier molecular flexibility index (Phi) is 4.43. The molecule has 1 unspecified atom stereocenters. The summed E-state index contributed by atoms with van der Waals surface area (Å²) in [4.78, 5) is 16.9. The SMILES string of the molecule is Cc1cccc(C)c1Oc1ncccc1CNC(=O)C1CC12CCCC2. The molecule has 0 bridgehead atoms. The Balaban J connectivity index is 1.44. The highest BCUT2D eigenvalue weighted by Crippen LogP contribution is 2.62. The Bertz CT molecular complexity index is 804. The van der Waals surface area contributed by atoms with Crippen LogP contribution in [-0.4, -0.2) is 10.9 Å². The predicted octanol–water partition coefficient (Wildman–Crippen LogP) is 4.69. The maximum atomic E-state index is 12.5. The Morgan fingerprint density at radius 3 is 2.65 bits per heavy atom. The fourth-order valence-electron chi connectivity index (χ4n) is 4.36. The summed E-state index contributed by atoms with van der Waals surface area (Å²) in [7, 11) is 0. The Morgan fingerprint density at radius 1 is 1.19 bits per heavy atom. The molecule has 0 radical (unpaired) electrons. The number of carbonyl (C=O) groups excluding carboxylic acids is 1. The largest absolute Gasteiger partial charge is 0.438 e. The zero-order valence-corrected chi connectivity index (χ0v) is 15.5. The molecule has 1 amide bonds. The first kappa shape index (κ1) is 17.1. The van der Waals surface area contributed by atoms with Crippen molar-refractivity contribution in [2.24, 2.45) is 11.3 Å². The fraction of sp³-hybridized carbons (Fsp3) is 0.455. The van der Waals surface area contributed by atoms with Gasteiger partial charge in [0, 0.05) is 24.2 Å². The molecule has 26 heavy (non-hydrogen) atoms. The minimum absolute atomic E-state index is 0.189. The van der Waals surface area contributed by atoms with Gasteiger partial charge in [0.1, 0.15) is 5.75 Å². The molecule has 0 saturated heterocycles. The van der Waals surface area contributed by atoms with E-state index in [0.717, 1.165) is 28.9 Å². The van der Waals surface area contributed by atoms with E-state index in [0.29, 0.717) is 17.8 Å². The van der Waals surface area contributed by atoms with Crippen LogP contribution >= 0.6 is 0 Å². The Hall–Kier alpha value is -2.36. The zero-order chi connectivity index (χ0) is 18.1. The predicted molar refractivity (Wildman–Crippen MR) is 101 cm³/mol. The molecule has 1 atom stereocenters. The molecule has 1 spiro atoms. The van der Waals surface area contributed by atoms with E-state index in [-0.39, 0.29) is 11.8 Å². The van der Waals surface area contributed by atoms with E-state index in [9.17, 15) is 4.79 Å². The third-order valence-electron chi connectivity index (χ3n) is 6.02. The highest BCUT2D eigenvalue weighted by Gasteiger charge is 2.58. The van der Waals surface area contributed by atoms with Gasteiger partial charge in [-0.05, 0) is 55.7 Å². The maximum Gasteiger partial charge on any atom is 0.224 e. The molecule has 1 N–H and O–H groups in total. The van der Waals surface area contributed by atoms with E-state index >= 15 is 0 Å². The number of pyridine rings is 1. The van der Waals surface area contributed by atoms with Crippen LogP contribution in [0.2, 0.25) is 0 Å². The first-order chi connectivity index (χ1) is 12.6. The quantitative estimate of drug-likeness (QED) is 0.851. The van der Waals surface area contributed by atoms with Crippen molar-refractivity contribution >= 4 is 5.91 Å². The van der Waals surface area contributed by atoms with E-state index in [1.807, 2.05) is 44.2 Å². The number of hydrogen-bond acceptors (Lipinski definition) is 3. The fourth-order valence-corrected chi connectivity index (χ4v) is 4.36. The van der Waals surface area contributed by atoms with Gasteiger partial charge in [0.25, 0.3) is 0 Å². The van der Waals surface area contributed by atoms with Gasteiger partial charge < -0.3 is 10.1 Å². The first-order valence-electron chi connectivity index (χ1n) is 9.55. The summed E-state index contributed by atoms with van der Waals surface area (Å²) in [5.74, 6) is 1.81. The molecule has 1 aromatic carbocycles. The summed E-state index contributed by atoms with van der Waals surface area (Å²) in [5.41, 5.74) is 3.39. The summed E-state index contributed by atoms with van der Waals surface area (Å²) in [6.07, 6.45) is 7.79. The molecule has 136 valence electrons. The lowest BCUT2D eigenvalue weighted by Crippen LogP contribution is -2.26. The summed E-state index contributed by atoms with van der Waals surface area (Å²) in [5, 5.41) is 3.11. The van der Waals surface area contributed by atoms with E-state index in [1.165, 1.54) is 25.7 Å². The average Bonchev–Trinajstić information content (AvgIpc) is 3.14. The standard InChI is InChI=1S/C22H26N2O2/c1-15-7-5-8-16(2)19(15)26-21-17(9-6-12-23-21)14-24-20(25)18-13-22(18)10-3-4-11-22/h5-9,12,18H,3-4,10-11,13-14H2,1-2H3,(H,24,25). The summed E-state index contributed by atoms with van der Waals surface area (Å²) in [6.45, 7) is 4.52. The number of rotatable bonds is 5. The topological polar surface area (TPSA) is 51.2 Å². The van der Waals surface area contributed by atoms with Crippen LogP contribution in [-0.2, 0) is 11.3 Å². The Labute approximate surface area is 155 Å². The molecular weight excluding hydrogens is 324 g/mol. The number of hydrogen-bond donors (Lipinski definition) is 1. The molecule has 4 nitrogen and oxygen atoms in total. The number of aromatic nitrogens is 1. The number of benzene rings is 1. The van der Waals surface area contributed by atoms with Gasteiger partial charge in [-0.15, -0.1) is 0 Å². The summed E-state index contributed by atoms with van der Waals surface area (Å²) in [6, 6.07) is 9.93. The number of para-hydroxylation sites is 1. The van der Waals surface area contributed by atoms with Crippen molar-refractivity contribution in [1.29, 1.82) is 0 Å². The van der Waals surface area contributed by atoms with E-state index in [2.05, 4.69) is 10.3 Å². The minimum atomic E-state index is 0.189. The van der Waals surface area contributed by atoms with Crippen LogP contribution in [0.5, 0.6) is 11.6 Å². The molecule has 2 saturated carbocycles. The number of ether oxygens (including phenoxy) is 1. The second-order valence-electron chi connectivity index (χ2n) is 7.83. The van der Waals surface area contributed by atoms with Crippen molar-refractivity contribution in [1.82, 2.24) is 10.3 Å². The van der Waals surface area contributed by atoms with Crippen LogP contribution in [0, 0.1) is 25.2 Å². The van der Waals surface area contributed by atoms with Crippen LogP contribution in [0.3, 0.4) is 0 Å². The first-order valence-corrected chi connectivity index (χ1v) is 9.55. The molecular formula is C22H26N2O2. The van der Waals surface area contributed by atoms with Gasteiger partial charge >= 0.3 is 0 Å². The number of nitrogens with one attached hydrogen (secondary N) is 1. The molecule has 2 fully saturated rings. The lowest BCUT2D eigenvalue weighted by Gasteiger charge is -2.14. The molecule has 4 heteroatoms. The number of nitrogens with zero attached hydrogens (tertiary/aromatic N) is 1. The van der Waals surface area contributed by atoms with Crippen LogP contribution < -0.4 is 10.1 Å². The van der Waals surface area contributed by atoms with Crippen molar-refractivity contribution in [3.05, 3.63) is 53.2 Å². The van der Waals surface area contributed by atoms with Gasteiger partial charge in [-0.2, -0.15) is 0 Å². The maximum absolute atomic E-state index is 12.5. The van der Waals surface area contributed by atoms with E-state index < -0.39 is 0 Å². The summed E-state index contributed by atoms with van der Waals surface area (Å²) < 4.78 is 6.11. The Morgan fingerprint density at radius 2 is 1.92 bits per heavy atom. The van der Waals surface area contributed by atoms with Crippen LogP contribution in [0.4, 0.5) is 0 Å². The van der Waals surface area contributed by atoms with Crippen molar-refractivity contribution in [2.75, 3.05) is 0 Å². The average molecular weight is 350 g/mol. The number of carbonyl (C=O) groups is 1. The van der Waals surface area contributed by atoms with Crippen LogP contribution in [0.15, 0.2) is 36.5 Å². The smallest absolute Gasteiger partial charge is 0.224 e. The highest BCUT2D eigenvalue weighted by atomic mass is 16.5. The van der Waals surface area contributed by atoms with Crippen molar-refractivity contribution in [3.8, 4) is 11.6 Å². The third kappa shape index (κ3) is 3.20. The van der Waals surface area contributed by atoms with Crippen molar-refractivity contribution in [3.63, 3.8) is 0 Å². The van der Waals surface area contributed by atoms with E-state index in [4.69, 9.17) is 4.74 Å². The van der Waals surface area contributed by atoms with Gasteiger partial charge in [-0.1, -0.05) is 37.1 Å². The molecule has 1 heterocycles. The normalized spacial score (nSPS) is 20.2. The molecule has 4 rings (SSSR count). The van der Waals surface area contributed by atoms with Crippen LogP contribution in [0.25, 0.3) is 0 Å². The lowest BCUT2D eigenvalue weighted by molar-refractivity contribution is -0.123. The van der Waals surface area contributed by atoms with Gasteiger partial charge in [0.2, 0.25) is 11.8 Å². The van der Waals surface area contributed by atoms with Crippen molar-refractivity contribution < 1.29 is 9.53 Å². The monoisotopic (exact) mass is 350 g/mol. The molecule has 2 aliphatic carbocycles. The van der Waals surface area contributed by atoms with Crippen molar-refractivity contribution in [2.45, 2.75) is 52.5 Å². The second kappa shape index (κ2) is 6.75. The van der Waals surface area contributed by atoms with Gasteiger partial charge in [0.05, 0.1) is 0 Å². The number of aryl methyl sites for hydroxylation is 2. The molecule has 0 aliphatic heterocycles.